The van der Waals surface area contributed by atoms with Crippen molar-refractivity contribution in [2.45, 2.75) is 13.5 Å². The SMILES string of the molecule is CC(=O)NNC(=O)C[NH+](C)Cc1cn(-c2ccccc2)nc1-c1ccccc1. The number of para-hydroxylation sites is 1. The Morgan fingerprint density at radius 2 is 1.64 bits per heavy atom. The van der Waals surface area contributed by atoms with Gasteiger partial charge in [-0.2, -0.15) is 5.10 Å². The van der Waals surface area contributed by atoms with Crippen molar-refractivity contribution in [3.63, 3.8) is 0 Å². The minimum atomic E-state index is -0.304. The largest absolute Gasteiger partial charge is 0.326 e. The molecular formula is C21H24N5O2+. The molecule has 2 amide bonds. The Kier molecular flexibility index (Phi) is 6.18. The molecule has 7 heteroatoms. The van der Waals surface area contributed by atoms with Crippen molar-refractivity contribution in [2.75, 3.05) is 13.6 Å². The number of hydrogen-bond acceptors (Lipinski definition) is 3. The molecule has 0 aliphatic heterocycles. The summed E-state index contributed by atoms with van der Waals surface area (Å²) >= 11 is 0. The lowest BCUT2D eigenvalue weighted by atomic mass is 10.1. The van der Waals surface area contributed by atoms with Gasteiger partial charge in [0, 0.05) is 18.7 Å². The molecule has 0 radical (unpaired) electrons. The topological polar surface area (TPSA) is 80.5 Å². The molecule has 0 aliphatic rings. The Hall–Kier alpha value is -3.45. The normalized spacial score (nSPS) is 11.6. The smallest absolute Gasteiger partial charge is 0.293 e. The zero-order chi connectivity index (χ0) is 19.9. The van der Waals surface area contributed by atoms with Crippen molar-refractivity contribution in [3.8, 4) is 16.9 Å². The van der Waals surface area contributed by atoms with Crippen molar-refractivity contribution in [2.24, 2.45) is 0 Å². The highest BCUT2D eigenvalue weighted by Crippen LogP contribution is 2.23. The van der Waals surface area contributed by atoms with E-state index in [4.69, 9.17) is 5.10 Å². The Labute approximate surface area is 163 Å². The van der Waals surface area contributed by atoms with Crippen LogP contribution in [0.4, 0.5) is 0 Å². The lowest BCUT2D eigenvalue weighted by molar-refractivity contribution is -0.885. The van der Waals surface area contributed by atoms with E-state index >= 15 is 0 Å². The fourth-order valence-electron chi connectivity index (χ4n) is 2.95. The van der Waals surface area contributed by atoms with Crippen LogP contribution in [0.25, 0.3) is 16.9 Å². The van der Waals surface area contributed by atoms with Gasteiger partial charge in [-0.3, -0.25) is 20.4 Å². The number of carbonyl (C=O) groups excluding carboxylic acids is 2. The average molecular weight is 378 g/mol. The summed E-state index contributed by atoms with van der Waals surface area (Å²) in [4.78, 5) is 23.9. The van der Waals surface area contributed by atoms with Crippen molar-refractivity contribution in [1.82, 2.24) is 20.6 Å². The van der Waals surface area contributed by atoms with Crippen molar-refractivity contribution >= 4 is 11.8 Å². The summed E-state index contributed by atoms with van der Waals surface area (Å²) in [6, 6.07) is 19.9. The Morgan fingerprint density at radius 3 is 2.29 bits per heavy atom. The van der Waals surface area contributed by atoms with Gasteiger partial charge in [-0.1, -0.05) is 48.5 Å². The van der Waals surface area contributed by atoms with Gasteiger partial charge >= 0.3 is 0 Å². The van der Waals surface area contributed by atoms with Crippen LogP contribution >= 0.6 is 0 Å². The summed E-state index contributed by atoms with van der Waals surface area (Å²) < 4.78 is 1.86. The zero-order valence-corrected chi connectivity index (χ0v) is 16.0. The highest BCUT2D eigenvalue weighted by atomic mass is 16.2. The Bertz CT molecular complexity index is 938. The minimum Gasteiger partial charge on any atom is -0.326 e. The maximum Gasteiger partial charge on any atom is 0.293 e. The van der Waals surface area contributed by atoms with E-state index in [0.717, 1.165) is 27.4 Å². The molecule has 3 rings (SSSR count). The van der Waals surface area contributed by atoms with Crippen molar-refractivity contribution in [1.29, 1.82) is 0 Å². The second-order valence-corrected chi connectivity index (χ2v) is 6.69. The number of rotatable bonds is 6. The molecule has 0 spiro atoms. The van der Waals surface area contributed by atoms with E-state index in [1.54, 1.807) is 0 Å². The van der Waals surface area contributed by atoms with Gasteiger partial charge in [0.1, 0.15) is 12.2 Å². The molecule has 0 saturated heterocycles. The molecule has 7 nitrogen and oxygen atoms in total. The number of amides is 2. The van der Waals surface area contributed by atoms with Gasteiger partial charge in [0.25, 0.3) is 5.91 Å². The third-order valence-corrected chi connectivity index (χ3v) is 4.19. The van der Waals surface area contributed by atoms with E-state index in [0.29, 0.717) is 6.54 Å². The summed E-state index contributed by atoms with van der Waals surface area (Å²) in [5.74, 6) is -0.550. The minimum absolute atomic E-state index is 0.227. The molecule has 3 N–H and O–H groups in total. The number of aromatic nitrogens is 2. The molecule has 0 saturated carbocycles. The molecule has 2 aromatic carbocycles. The molecule has 0 bridgehead atoms. The van der Waals surface area contributed by atoms with E-state index in [2.05, 4.69) is 10.9 Å². The molecule has 1 heterocycles. The standard InChI is InChI=1S/C21H23N5O2/c1-16(27)22-23-20(28)15-25(2)13-18-14-26(19-11-7-4-8-12-19)24-21(18)17-9-5-3-6-10-17/h3-12,14H,13,15H2,1-2H3,(H,22,27)(H,23,28)/p+1. The molecule has 28 heavy (non-hydrogen) atoms. The van der Waals surface area contributed by atoms with Crippen molar-refractivity contribution in [3.05, 3.63) is 72.4 Å². The first-order chi connectivity index (χ1) is 13.5. The van der Waals surface area contributed by atoms with Crippen LogP contribution in [-0.2, 0) is 16.1 Å². The van der Waals surface area contributed by atoms with E-state index in [-0.39, 0.29) is 18.4 Å². The number of benzene rings is 2. The zero-order valence-electron chi connectivity index (χ0n) is 16.0. The summed E-state index contributed by atoms with van der Waals surface area (Å²) in [5, 5.41) is 4.79. The van der Waals surface area contributed by atoms with Crippen LogP contribution in [0.15, 0.2) is 66.9 Å². The Morgan fingerprint density at radius 1 is 1.00 bits per heavy atom. The highest BCUT2D eigenvalue weighted by molar-refractivity contribution is 5.81. The van der Waals surface area contributed by atoms with Gasteiger partial charge in [-0.15, -0.1) is 0 Å². The number of carbonyl (C=O) groups is 2. The van der Waals surface area contributed by atoms with Gasteiger partial charge < -0.3 is 4.90 Å². The molecule has 0 aliphatic carbocycles. The van der Waals surface area contributed by atoms with Crippen LogP contribution in [0.1, 0.15) is 12.5 Å². The van der Waals surface area contributed by atoms with E-state index in [1.807, 2.05) is 78.6 Å². The molecule has 0 fully saturated rings. The van der Waals surface area contributed by atoms with Gasteiger partial charge in [0.2, 0.25) is 5.91 Å². The number of hydrazine groups is 1. The Balaban J connectivity index is 1.81. The number of quaternary nitrogens is 1. The second-order valence-electron chi connectivity index (χ2n) is 6.69. The van der Waals surface area contributed by atoms with Crippen LogP contribution in [0.3, 0.4) is 0 Å². The van der Waals surface area contributed by atoms with Gasteiger partial charge in [-0.25, -0.2) is 4.68 Å². The van der Waals surface area contributed by atoms with E-state index in [9.17, 15) is 9.59 Å². The van der Waals surface area contributed by atoms with E-state index in [1.165, 1.54) is 6.92 Å². The summed E-state index contributed by atoms with van der Waals surface area (Å²) in [5.41, 5.74) is 8.65. The monoisotopic (exact) mass is 378 g/mol. The number of hydrogen-bond donors (Lipinski definition) is 3. The molecule has 144 valence electrons. The molecule has 3 aromatic rings. The first-order valence-corrected chi connectivity index (χ1v) is 9.09. The first kappa shape index (κ1) is 19.3. The third kappa shape index (κ3) is 5.05. The van der Waals surface area contributed by atoms with E-state index < -0.39 is 0 Å². The van der Waals surface area contributed by atoms with Gasteiger partial charge in [-0.05, 0) is 12.1 Å². The van der Waals surface area contributed by atoms with Gasteiger partial charge in [0.05, 0.1) is 18.3 Å². The van der Waals surface area contributed by atoms with Crippen LogP contribution in [0.2, 0.25) is 0 Å². The third-order valence-electron chi connectivity index (χ3n) is 4.19. The molecular weight excluding hydrogens is 354 g/mol. The predicted molar refractivity (Wildman–Crippen MR) is 106 cm³/mol. The van der Waals surface area contributed by atoms with Crippen LogP contribution in [-0.4, -0.2) is 35.2 Å². The van der Waals surface area contributed by atoms with Crippen LogP contribution in [0, 0.1) is 0 Å². The molecule has 1 atom stereocenters. The number of likely N-dealkylation sites (N-methyl/N-ethyl adjacent to an activating group) is 1. The van der Waals surface area contributed by atoms with Gasteiger partial charge in [0.15, 0.2) is 6.54 Å². The maximum absolute atomic E-state index is 12.0. The average Bonchev–Trinajstić information content (AvgIpc) is 3.11. The molecule has 1 unspecified atom stereocenters. The quantitative estimate of drug-likeness (QED) is 0.553. The number of nitrogens with one attached hydrogen (secondary N) is 3. The predicted octanol–water partition coefficient (Wildman–Crippen LogP) is 0.721. The summed E-state index contributed by atoms with van der Waals surface area (Å²) in [7, 11) is 1.93. The maximum atomic E-state index is 12.0. The summed E-state index contributed by atoms with van der Waals surface area (Å²) in [6.07, 6.45) is 2.01. The fraction of sp³-hybridized carbons (Fsp3) is 0.190. The fourth-order valence-corrected chi connectivity index (χ4v) is 2.95. The molecule has 1 aromatic heterocycles. The lowest BCUT2D eigenvalue weighted by Gasteiger charge is -2.13. The first-order valence-electron chi connectivity index (χ1n) is 9.09. The lowest BCUT2D eigenvalue weighted by Crippen LogP contribution is -3.09. The van der Waals surface area contributed by atoms with Crippen LogP contribution in [0.5, 0.6) is 0 Å². The van der Waals surface area contributed by atoms with Crippen LogP contribution < -0.4 is 15.8 Å². The summed E-state index contributed by atoms with van der Waals surface area (Å²) in [6.45, 7) is 2.19. The van der Waals surface area contributed by atoms with Crippen molar-refractivity contribution < 1.29 is 14.5 Å². The number of nitrogens with zero attached hydrogens (tertiary/aromatic N) is 2. The second kappa shape index (κ2) is 8.96. The highest BCUT2D eigenvalue weighted by Gasteiger charge is 2.17.